The molecule has 1 aromatic heterocycles. The zero-order valence-corrected chi connectivity index (χ0v) is 10.4. The third-order valence-electron chi connectivity index (χ3n) is 2.66. The molecule has 0 fully saturated rings. The van der Waals surface area contributed by atoms with Gasteiger partial charge in [0.05, 0.1) is 17.3 Å². The Hall–Kier alpha value is -2.35. The van der Waals surface area contributed by atoms with Crippen LogP contribution >= 0.6 is 0 Å². The quantitative estimate of drug-likeness (QED) is 0.817. The zero-order valence-electron chi connectivity index (χ0n) is 10.4. The molecule has 0 aliphatic carbocycles. The molecule has 92 valence electrons. The number of aryl methyl sites for hydroxylation is 2. The average Bonchev–Trinajstić information content (AvgIpc) is 2.55. The van der Waals surface area contributed by atoms with E-state index in [1.807, 2.05) is 27.0 Å². The molecule has 0 saturated carbocycles. The van der Waals surface area contributed by atoms with Gasteiger partial charge in [0, 0.05) is 13.1 Å². The fourth-order valence-corrected chi connectivity index (χ4v) is 1.71. The Kier molecular flexibility index (Phi) is 3.02. The normalized spacial score (nSPS) is 10.2. The Morgan fingerprint density at radius 2 is 2.06 bits per heavy atom. The SMILES string of the molecule is Cc1nn(C)c(C)c1Oc1cc(F)cc(C#N)c1. The predicted molar refractivity (Wildman–Crippen MR) is 63.9 cm³/mol. The molecule has 4 nitrogen and oxygen atoms in total. The van der Waals surface area contributed by atoms with Crippen molar-refractivity contribution in [3.05, 3.63) is 41.0 Å². The number of rotatable bonds is 2. The summed E-state index contributed by atoms with van der Waals surface area (Å²) in [5.41, 5.74) is 1.79. The summed E-state index contributed by atoms with van der Waals surface area (Å²) in [7, 11) is 1.81. The smallest absolute Gasteiger partial charge is 0.171 e. The number of ether oxygens (including phenoxy) is 1. The van der Waals surface area contributed by atoms with Crippen molar-refractivity contribution < 1.29 is 9.13 Å². The summed E-state index contributed by atoms with van der Waals surface area (Å²) in [5.74, 6) is 0.390. The number of nitriles is 1. The first kappa shape index (κ1) is 12.1. The van der Waals surface area contributed by atoms with Crippen molar-refractivity contribution in [1.29, 1.82) is 5.26 Å². The molecule has 0 aliphatic rings. The van der Waals surface area contributed by atoms with Crippen molar-refractivity contribution in [1.82, 2.24) is 9.78 Å². The van der Waals surface area contributed by atoms with Crippen LogP contribution in [0.2, 0.25) is 0 Å². The van der Waals surface area contributed by atoms with Crippen molar-refractivity contribution >= 4 is 0 Å². The van der Waals surface area contributed by atoms with Gasteiger partial charge in [0.15, 0.2) is 5.75 Å². The lowest BCUT2D eigenvalue weighted by molar-refractivity contribution is 0.468. The van der Waals surface area contributed by atoms with Gasteiger partial charge in [-0.15, -0.1) is 0 Å². The van der Waals surface area contributed by atoms with E-state index in [4.69, 9.17) is 10.00 Å². The molecule has 2 aromatic rings. The monoisotopic (exact) mass is 245 g/mol. The molecule has 1 heterocycles. The molecule has 0 unspecified atom stereocenters. The molecular weight excluding hydrogens is 233 g/mol. The van der Waals surface area contributed by atoms with E-state index in [-0.39, 0.29) is 5.56 Å². The van der Waals surface area contributed by atoms with Gasteiger partial charge in [0.2, 0.25) is 0 Å². The summed E-state index contributed by atoms with van der Waals surface area (Å²) in [4.78, 5) is 0. The number of hydrogen-bond donors (Lipinski definition) is 0. The molecule has 0 aliphatic heterocycles. The molecule has 0 saturated heterocycles. The first-order valence-corrected chi connectivity index (χ1v) is 5.40. The van der Waals surface area contributed by atoms with E-state index in [1.165, 1.54) is 12.1 Å². The van der Waals surface area contributed by atoms with Crippen LogP contribution in [-0.2, 0) is 7.05 Å². The highest BCUT2D eigenvalue weighted by atomic mass is 19.1. The first-order valence-electron chi connectivity index (χ1n) is 5.40. The first-order chi connectivity index (χ1) is 8.51. The van der Waals surface area contributed by atoms with Crippen molar-refractivity contribution in [2.75, 3.05) is 0 Å². The fourth-order valence-electron chi connectivity index (χ4n) is 1.71. The second kappa shape index (κ2) is 4.49. The van der Waals surface area contributed by atoms with E-state index >= 15 is 0 Å². The van der Waals surface area contributed by atoms with E-state index in [0.717, 1.165) is 17.5 Å². The van der Waals surface area contributed by atoms with Gasteiger partial charge in [0.25, 0.3) is 0 Å². The van der Waals surface area contributed by atoms with Crippen molar-refractivity contribution in [2.24, 2.45) is 7.05 Å². The van der Waals surface area contributed by atoms with Gasteiger partial charge in [-0.1, -0.05) is 0 Å². The number of aromatic nitrogens is 2. The molecule has 1 aromatic carbocycles. The van der Waals surface area contributed by atoms with E-state index in [2.05, 4.69) is 5.10 Å². The summed E-state index contributed by atoms with van der Waals surface area (Å²) in [5, 5.41) is 13.0. The Labute approximate surface area is 104 Å². The molecule has 2 rings (SSSR count). The molecule has 5 heteroatoms. The highest BCUT2D eigenvalue weighted by molar-refractivity contribution is 5.41. The van der Waals surface area contributed by atoms with Gasteiger partial charge >= 0.3 is 0 Å². The standard InChI is InChI=1S/C13H12FN3O/c1-8-13(9(2)17(3)16-8)18-12-5-10(7-15)4-11(14)6-12/h4-6H,1-3H3. The van der Waals surface area contributed by atoms with Gasteiger partial charge < -0.3 is 4.74 Å². The van der Waals surface area contributed by atoms with E-state index in [9.17, 15) is 4.39 Å². The molecule has 0 spiro atoms. The van der Waals surface area contributed by atoms with Crippen molar-refractivity contribution in [3.8, 4) is 17.6 Å². The van der Waals surface area contributed by atoms with Crippen LogP contribution in [0, 0.1) is 31.0 Å². The third kappa shape index (κ3) is 2.18. The minimum Gasteiger partial charge on any atom is -0.453 e. The van der Waals surface area contributed by atoms with E-state index in [0.29, 0.717) is 11.5 Å². The van der Waals surface area contributed by atoms with E-state index < -0.39 is 5.82 Å². The lowest BCUT2D eigenvalue weighted by Crippen LogP contribution is -1.93. The maximum atomic E-state index is 13.3. The number of halogens is 1. The maximum absolute atomic E-state index is 13.3. The van der Waals surface area contributed by atoms with Crippen LogP contribution in [0.1, 0.15) is 17.0 Å². The third-order valence-corrected chi connectivity index (χ3v) is 2.66. The minimum atomic E-state index is -0.497. The van der Waals surface area contributed by atoms with Crippen LogP contribution in [0.3, 0.4) is 0 Å². The van der Waals surface area contributed by atoms with Gasteiger partial charge in [-0.25, -0.2) is 4.39 Å². The summed E-state index contributed by atoms with van der Waals surface area (Å²) in [6.07, 6.45) is 0. The molecular formula is C13H12FN3O. The van der Waals surface area contributed by atoms with Crippen LogP contribution in [0.15, 0.2) is 18.2 Å². The summed E-state index contributed by atoms with van der Waals surface area (Å²) in [6, 6.07) is 5.79. The Bertz CT molecular complexity index is 640. The Balaban J connectivity index is 2.40. The molecule has 0 atom stereocenters. The minimum absolute atomic E-state index is 0.226. The highest BCUT2D eigenvalue weighted by Gasteiger charge is 2.12. The predicted octanol–water partition coefficient (Wildman–Crippen LogP) is 2.84. The van der Waals surface area contributed by atoms with Crippen molar-refractivity contribution in [2.45, 2.75) is 13.8 Å². The van der Waals surface area contributed by atoms with Crippen LogP contribution in [0.4, 0.5) is 4.39 Å². The van der Waals surface area contributed by atoms with Crippen LogP contribution < -0.4 is 4.74 Å². The van der Waals surface area contributed by atoms with Gasteiger partial charge in [-0.3, -0.25) is 4.68 Å². The summed E-state index contributed by atoms with van der Waals surface area (Å²) in [6.45, 7) is 3.67. The summed E-state index contributed by atoms with van der Waals surface area (Å²) >= 11 is 0. The number of benzene rings is 1. The molecule has 0 N–H and O–H groups in total. The maximum Gasteiger partial charge on any atom is 0.171 e. The van der Waals surface area contributed by atoms with Crippen LogP contribution in [0.25, 0.3) is 0 Å². The molecule has 0 bridgehead atoms. The molecule has 18 heavy (non-hydrogen) atoms. The van der Waals surface area contributed by atoms with Gasteiger partial charge in [-0.05, 0) is 26.0 Å². The van der Waals surface area contributed by atoms with Gasteiger partial charge in [0.1, 0.15) is 17.3 Å². The van der Waals surface area contributed by atoms with E-state index in [1.54, 1.807) is 4.68 Å². The second-order valence-corrected chi connectivity index (χ2v) is 4.01. The van der Waals surface area contributed by atoms with Gasteiger partial charge in [-0.2, -0.15) is 10.4 Å². The lowest BCUT2D eigenvalue weighted by atomic mass is 10.2. The Morgan fingerprint density at radius 1 is 1.33 bits per heavy atom. The van der Waals surface area contributed by atoms with Crippen molar-refractivity contribution in [3.63, 3.8) is 0 Å². The molecule has 0 radical (unpaired) electrons. The Morgan fingerprint density at radius 3 is 2.61 bits per heavy atom. The fraction of sp³-hybridized carbons (Fsp3) is 0.231. The highest BCUT2D eigenvalue weighted by Crippen LogP contribution is 2.28. The zero-order chi connectivity index (χ0) is 13.3. The summed E-state index contributed by atoms with van der Waals surface area (Å²) < 4.78 is 20.6. The number of hydrogen-bond acceptors (Lipinski definition) is 3. The molecule has 0 amide bonds. The lowest BCUT2D eigenvalue weighted by Gasteiger charge is -2.06. The van der Waals surface area contributed by atoms with Crippen LogP contribution in [0.5, 0.6) is 11.5 Å². The largest absolute Gasteiger partial charge is 0.453 e. The average molecular weight is 245 g/mol. The second-order valence-electron chi connectivity index (χ2n) is 4.01. The van der Waals surface area contributed by atoms with Crippen LogP contribution in [-0.4, -0.2) is 9.78 Å². The topological polar surface area (TPSA) is 50.8 Å². The number of nitrogens with zero attached hydrogens (tertiary/aromatic N) is 3.